The number of hydrogen-bond acceptors (Lipinski definition) is 7. The number of carbonyl (C=O) groups is 2. The maximum Gasteiger partial charge on any atom is 0.331 e. The summed E-state index contributed by atoms with van der Waals surface area (Å²) in [5, 5.41) is 41.0. The number of aryl methyl sites for hydroxylation is 1. The van der Waals surface area contributed by atoms with Gasteiger partial charge in [0, 0.05) is 24.8 Å². The van der Waals surface area contributed by atoms with Gasteiger partial charge in [0.05, 0.1) is 35.1 Å². The molecule has 7 heteroatoms. The van der Waals surface area contributed by atoms with Gasteiger partial charge in [-0.2, -0.15) is 0 Å². The van der Waals surface area contributed by atoms with E-state index in [2.05, 4.69) is 86.4 Å². The van der Waals surface area contributed by atoms with E-state index in [0.717, 1.165) is 56.4 Å². The number of benzene rings is 2. The Balaban J connectivity index is 0.978. The molecule has 10 rings (SSSR count). The third-order valence-corrected chi connectivity index (χ3v) is 22.1. The van der Waals surface area contributed by atoms with Crippen LogP contribution in [0.2, 0.25) is 0 Å². The summed E-state index contributed by atoms with van der Waals surface area (Å²) in [7, 11) is 0. The Bertz CT molecular complexity index is 2270. The first-order valence-electron chi connectivity index (χ1n) is 28.9. The summed E-state index contributed by atoms with van der Waals surface area (Å²) in [5.41, 5.74) is 0.0358. The Morgan fingerprint density at radius 2 is 1.51 bits per heavy atom. The van der Waals surface area contributed by atoms with Crippen LogP contribution in [0.5, 0.6) is 0 Å². The SMILES string of the molecule is CC(CCCc1ccccc1)CCC(O)C12C(O)CCC(C)(C3CCC4(CC3)CC(CC3(c5ccccc5)CCCCC3)C3(CCCC3)C4)C1C1CC(C)(C#CCCC(=O)O1)C2(O)CCC1=CC(=O)OC1. The Hall–Kier alpha value is -3.44. The van der Waals surface area contributed by atoms with E-state index in [1.807, 2.05) is 6.92 Å². The van der Waals surface area contributed by atoms with Crippen LogP contribution in [0.3, 0.4) is 0 Å². The molecule has 10 unspecified atom stereocenters. The third kappa shape index (κ3) is 9.32. The lowest BCUT2D eigenvalue weighted by Gasteiger charge is -2.72. The molecule has 71 heavy (non-hydrogen) atoms. The first-order chi connectivity index (χ1) is 34.2. The number of aliphatic hydroxyl groups is 3. The fourth-order valence-corrected chi connectivity index (χ4v) is 18.6. The fourth-order valence-electron chi connectivity index (χ4n) is 18.6. The summed E-state index contributed by atoms with van der Waals surface area (Å²) in [4.78, 5) is 26.4. The molecule has 6 aliphatic carbocycles. The van der Waals surface area contributed by atoms with Crippen molar-refractivity contribution in [1.82, 2.24) is 0 Å². The molecule has 0 amide bonds. The van der Waals surface area contributed by atoms with Gasteiger partial charge in [0.15, 0.2) is 0 Å². The molecule has 386 valence electrons. The minimum absolute atomic E-state index is 0.173. The minimum atomic E-state index is -1.69. The van der Waals surface area contributed by atoms with Crippen LogP contribution in [0, 0.1) is 62.6 Å². The van der Waals surface area contributed by atoms with Gasteiger partial charge in [-0.1, -0.05) is 119 Å². The van der Waals surface area contributed by atoms with Gasteiger partial charge in [-0.25, -0.2) is 4.79 Å². The van der Waals surface area contributed by atoms with E-state index in [1.165, 1.54) is 95.5 Å². The average molecular weight is 969 g/mol. The van der Waals surface area contributed by atoms with Crippen molar-refractivity contribution in [2.75, 3.05) is 6.61 Å². The zero-order valence-corrected chi connectivity index (χ0v) is 43.9. The second-order valence-corrected chi connectivity index (χ2v) is 26.0. The van der Waals surface area contributed by atoms with Crippen molar-refractivity contribution >= 4 is 11.9 Å². The number of aliphatic hydroxyl groups excluding tert-OH is 2. The smallest absolute Gasteiger partial charge is 0.331 e. The van der Waals surface area contributed by atoms with Crippen molar-refractivity contribution < 1.29 is 34.4 Å². The zero-order chi connectivity index (χ0) is 49.5. The van der Waals surface area contributed by atoms with Gasteiger partial charge in [-0.05, 0) is 185 Å². The molecule has 2 aromatic carbocycles. The number of carbonyl (C=O) groups excluding carboxylic acids is 2. The van der Waals surface area contributed by atoms with Gasteiger partial charge in [-0.15, -0.1) is 5.92 Å². The Morgan fingerprint density at radius 1 is 0.803 bits per heavy atom. The van der Waals surface area contributed by atoms with Gasteiger partial charge in [0.25, 0.3) is 0 Å². The molecule has 7 nitrogen and oxygen atoms in total. The molecular formula is C64H88O7. The number of rotatable bonds is 15. The number of hydrogen-bond donors (Lipinski definition) is 3. The van der Waals surface area contributed by atoms with Gasteiger partial charge < -0.3 is 24.8 Å². The van der Waals surface area contributed by atoms with Crippen LogP contribution >= 0.6 is 0 Å². The molecule has 2 aliphatic heterocycles. The van der Waals surface area contributed by atoms with E-state index >= 15 is 0 Å². The predicted molar refractivity (Wildman–Crippen MR) is 280 cm³/mol. The molecule has 6 saturated carbocycles. The van der Waals surface area contributed by atoms with Crippen LogP contribution < -0.4 is 0 Å². The maximum absolute atomic E-state index is 14.3. The molecule has 0 radical (unpaired) electrons. The van der Waals surface area contributed by atoms with Crippen LogP contribution in [0.1, 0.15) is 205 Å². The second kappa shape index (κ2) is 20.4. The van der Waals surface area contributed by atoms with Crippen LogP contribution in [-0.2, 0) is 30.9 Å². The highest BCUT2D eigenvalue weighted by atomic mass is 16.5. The van der Waals surface area contributed by atoms with Crippen molar-refractivity contribution in [3.8, 4) is 11.8 Å². The van der Waals surface area contributed by atoms with Gasteiger partial charge in [-0.3, -0.25) is 4.79 Å². The van der Waals surface area contributed by atoms with Crippen molar-refractivity contribution in [2.45, 2.75) is 230 Å². The topological polar surface area (TPSA) is 113 Å². The van der Waals surface area contributed by atoms with Crippen LogP contribution in [0.4, 0.5) is 0 Å². The molecule has 2 heterocycles. The highest BCUT2D eigenvalue weighted by Crippen LogP contribution is 2.74. The molecule has 2 spiro atoms. The Labute approximate surface area is 427 Å². The number of fused-ring (bicyclic) bond motifs is 4. The first kappa shape index (κ1) is 51.1. The van der Waals surface area contributed by atoms with Crippen molar-refractivity contribution in [2.24, 2.45) is 50.7 Å². The molecule has 3 N–H and O–H groups in total. The maximum atomic E-state index is 14.3. The summed E-state index contributed by atoms with van der Waals surface area (Å²) >= 11 is 0. The molecule has 0 saturated heterocycles. The molecule has 8 aliphatic rings. The van der Waals surface area contributed by atoms with Crippen LogP contribution in [0.25, 0.3) is 0 Å². The summed E-state index contributed by atoms with van der Waals surface area (Å²) in [6, 6.07) is 22.2. The molecule has 2 aromatic rings. The largest absolute Gasteiger partial charge is 0.462 e. The highest BCUT2D eigenvalue weighted by molar-refractivity contribution is 5.85. The molecule has 0 aromatic heterocycles. The standard InChI is InChI=1S/C64H88O7/c1-46(18-17-21-47-19-7-4-8-20-47)25-26-53(65)64-54(66)30-36-59(3,57(64)52-43-58(2,31-14-11-24-55(67)71-52)63(64,69)39-27-48-40-56(68)70-44-48)49-28-37-60(38-29-49)41-51(62(45-60)34-15-16-35-62)42-61(32-12-6-13-33-61)50-22-9-5-10-23-50/h4-5,7-10,19-20,22-23,40,46,49,51-54,57,65-66,69H,6,11-13,15-18,21,24-30,32-39,41-45H2,1-3H3. The summed E-state index contributed by atoms with van der Waals surface area (Å²) in [6.45, 7) is 6.85. The normalized spacial score (nSPS) is 38.2. The number of cyclic esters (lactones) is 1. The fraction of sp³-hybridized carbons (Fsp3) is 0.719. The monoisotopic (exact) mass is 969 g/mol. The summed E-state index contributed by atoms with van der Waals surface area (Å²) in [5.74, 6) is 7.02. The lowest BCUT2D eigenvalue weighted by molar-refractivity contribution is -0.339. The second-order valence-electron chi connectivity index (χ2n) is 26.0. The third-order valence-electron chi connectivity index (χ3n) is 22.1. The van der Waals surface area contributed by atoms with E-state index in [1.54, 1.807) is 11.6 Å². The molecule has 10 atom stereocenters. The lowest BCUT2D eigenvalue weighted by Crippen LogP contribution is -2.79. The van der Waals surface area contributed by atoms with E-state index in [0.29, 0.717) is 48.9 Å². The summed E-state index contributed by atoms with van der Waals surface area (Å²) in [6.07, 6.45) is 26.2. The summed E-state index contributed by atoms with van der Waals surface area (Å²) < 4.78 is 12.1. The van der Waals surface area contributed by atoms with Crippen molar-refractivity contribution in [3.05, 3.63) is 83.4 Å². The van der Waals surface area contributed by atoms with Gasteiger partial charge in [0.2, 0.25) is 0 Å². The first-order valence-corrected chi connectivity index (χ1v) is 28.9. The van der Waals surface area contributed by atoms with E-state index in [4.69, 9.17) is 9.47 Å². The Kier molecular flexibility index (Phi) is 14.6. The lowest BCUT2D eigenvalue weighted by atomic mass is 9.35. The highest BCUT2D eigenvalue weighted by Gasteiger charge is 2.78. The number of esters is 2. The van der Waals surface area contributed by atoms with E-state index in [9.17, 15) is 24.9 Å². The molecular weight excluding hydrogens is 881 g/mol. The zero-order valence-electron chi connectivity index (χ0n) is 43.9. The van der Waals surface area contributed by atoms with Gasteiger partial charge >= 0.3 is 11.9 Å². The van der Waals surface area contributed by atoms with Crippen LogP contribution in [0.15, 0.2) is 72.3 Å². The van der Waals surface area contributed by atoms with E-state index < -0.39 is 46.1 Å². The van der Waals surface area contributed by atoms with E-state index in [-0.39, 0.29) is 42.7 Å². The molecule has 6 fully saturated rings. The molecule has 2 bridgehead atoms. The number of ether oxygens (including phenoxy) is 2. The van der Waals surface area contributed by atoms with Gasteiger partial charge in [0.1, 0.15) is 12.7 Å². The Morgan fingerprint density at radius 3 is 2.21 bits per heavy atom. The minimum Gasteiger partial charge on any atom is -0.462 e. The van der Waals surface area contributed by atoms with Crippen molar-refractivity contribution in [3.63, 3.8) is 0 Å². The average Bonchev–Trinajstić information content (AvgIpc) is 4.11. The predicted octanol–water partition coefficient (Wildman–Crippen LogP) is 13.1. The van der Waals surface area contributed by atoms with Crippen LogP contribution in [-0.4, -0.2) is 57.8 Å². The quantitative estimate of drug-likeness (QED) is 0.120. The van der Waals surface area contributed by atoms with Crippen molar-refractivity contribution in [1.29, 1.82) is 0 Å².